The molecule has 1 aliphatic rings. The van der Waals surface area contributed by atoms with Crippen molar-refractivity contribution < 1.29 is 19.2 Å². The molecule has 30 heavy (non-hydrogen) atoms. The van der Waals surface area contributed by atoms with Gasteiger partial charge in [-0.1, -0.05) is 30.1 Å². The number of nitro benzene ring substituents is 1. The first-order chi connectivity index (χ1) is 14.3. The van der Waals surface area contributed by atoms with E-state index >= 15 is 0 Å². The summed E-state index contributed by atoms with van der Waals surface area (Å²) in [4.78, 5) is 37.6. The lowest BCUT2D eigenvalue weighted by Crippen LogP contribution is -2.33. The summed E-state index contributed by atoms with van der Waals surface area (Å²) in [5.74, 6) is -0.741. The van der Waals surface area contributed by atoms with E-state index in [1.54, 1.807) is 6.07 Å². The topological polar surface area (TPSA) is 89.8 Å². The van der Waals surface area contributed by atoms with Crippen LogP contribution >= 0.6 is 23.2 Å². The van der Waals surface area contributed by atoms with Gasteiger partial charge in [-0.15, -0.1) is 0 Å². The molecule has 1 aliphatic heterocycles. The summed E-state index contributed by atoms with van der Waals surface area (Å²) in [5, 5.41) is 12.1. The molecule has 1 heterocycles. The molecule has 0 radical (unpaired) electrons. The number of carbonyl (C=O) groups is 2. The highest BCUT2D eigenvalue weighted by molar-refractivity contribution is 6.36. The first kappa shape index (κ1) is 22.1. The predicted molar refractivity (Wildman–Crippen MR) is 115 cm³/mol. The number of rotatable bonds is 6. The zero-order chi connectivity index (χ0) is 21.8. The van der Waals surface area contributed by atoms with Crippen LogP contribution in [-0.2, 0) is 4.74 Å². The molecule has 0 spiro atoms. The number of Topliss-reactive ketones (excluding diaryl/α,β-unsaturated/α-hetero) is 1. The highest BCUT2D eigenvalue weighted by Gasteiger charge is 2.25. The van der Waals surface area contributed by atoms with Gasteiger partial charge < -0.3 is 9.64 Å². The van der Waals surface area contributed by atoms with E-state index in [4.69, 9.17) is 27.9 Å². The number of nitro groups is 1. The number of hydrogen-bond acceptors (Lipinski definition) is 6. The summed E-state index contributed by atoms with van der Waals surface area (Å²) < 4.78 is 5.05. The van der Waals surface area contributed by atoms with Crippen molar-refractivity contribution >= 4 is 46.3 Å². The number of esters is 1. The third-order valence-corrected chi connectivity index (χ3v) is 5.65. The van der Waals surface area contributed by atoms with E-state index in [0.717, 1.165) is 25.9 Å². The lowest BCUT2D eigenvalue weighted by atomic mass is 9.98. The van der Waals surface area contributed by atoms with Crippen LogP contribution in [0.3, 0.4) is 0 Å². The lowest BCUT2D eigenvalue weighted by molar-refractivity contribution is -0.384. The normalized spacial score (nSPS) is 14.4. The lowest BCUT2D eigenvalue weighted by Gasteiger charge is -2.31. The predicted octanol–water partition coefficient (Wildman–Crippen LogP) is 5.18. The van der Waals surface area contributed by atoms with Crippen molar-refractivity contribution in [3.8, 4) is 0 Å². The molecule has 0 amide bonds. The van der Waals surface area contributed by atoms with Crippen LogP contribution in [0, 0.1) is 16.0 Å². The van der Waals surface area contributed by atoms with Crippen LogP contribution < -0.4 is 4.90 Å². The van der Waals surface area contributed by atoms with Crippen LogP contribution in [0.5, 0.6) is 0 Å². The van der Waals surface area contributed by atoms with E-state index in [-0.39, 0.29) is 21.8 Å². The largest absolute Gasteiger partial charge is 0.454 e. The fraction of sp³-hybridized carbons (Fsp3) is 0.333. The molecular formula is C21H20Cl2N2O5. The zero-order valence-corrected chi connectivity index (χ0v) is 17.8. The minimum atomic E-state index is -0.824. The van der Waals surface area contributed by atoms with Crippen LogP contribution in [0.2, 0.25) is 10.0 Å². The standard InChI is InChI=1S/C21H20Cl2N2O5/c1-13-6-8-24(9-7-13)18-5-2-14(10-19(18)25(28)29)21(27)30-12-20(26)16-4-3-15(22)11-17(16)23/h2-5,10-11,13H,6-9,12H2,1H3. The van der Waals surface area contributed by atoms with Gasteiger partial charge in [-0.05, 0) is 49.1 Å². The second-order valence-corrected chi connectivity index (χ2v) is 8.10. The van der Waals surface area contributed by atoms with E-state index in [9.17, 15) is 19.7 Å². The summed E-state index contributed by atoms with van der Waals surface area (Å²) in [6.07, 6.45) is 1.91. The van der Waals surface area contributed by atoms with Crippen molar-refractivity contribution in [2.45, 2.75) is 19.8 Å². The maximum absolute atomic E-state index is 12.4. The minimum absolute atomic E-state index is 0.00540. The molecule has 158 valence electrons. The molecule has 3 rings (SSSR count). The molecule has 0 saturated carbocycles. The van der Waals surface area contributed by atoms with Gasteiger partial charge in [-0.2, -0.15) is 0 Å². The monoisotopic (exact) mass is 450 g/mol. The van der Waals surface area contributed by atoms with Gasteiger partial charge in [0.1, 0.15) is 5.69 Å². The fourth-order valence-corrected chi connectivity index (χ4v) is 3.84. The highest BCUT2D eigenvalue weighted by Crippen LogP contribution is 2.32. The summed E-state index contributed by atoms with van der Waals surface area (Å²) in [6, 6.07) is 8.59. The summed E-state index contributed by atoms with van der Waals surface area (Å²) in [5.41, 5.74) is 0.499. The molecular weight excluding hydrogens is 431 g/mol. The second kappa shape index (κ2) is 9.45. The van der Waals surface area contributed by atoms with Gasteiger partial charge in [0.2, 0.25) is 5.78 Å². The first-order valence-electron chi connectivity index (χ1n) is 9.45. The average molecular weight is 451 g/mol. The Kier molecular flexibility index (Phi) is 6.95. The van der Waals surface area contributed by atoms with E-state index < -0.39 is 23.3 Å². The van der Waals surface area contributed by atoms with Gasteiger partial charge in [-0.3, -0.25) is 14.9 Å². The number of benzene rings is 2. The molecule has 7 nitrogen and oxygen atoms in total. The third kappa shape index (κ3) is 5.09. The number of halogens is 2. The van der Waals surface area contributed by atoms with Crippen molar-refractivity contribution in [1.29, 1.82) is 0 Å². The number of piperidine rings is 1. The van der Waals surface area contributed by atoms with Crippen LogP contribution in [0.1, 0.15) is 40.5 Å². The van der Waals surface area contributed by atoms with Crippen molar-refractivity contribution in [3.05, 3.63) is 67.7 Å². The Labute approximate surface area is 183 Å². The van der Waals surface area contributed by atoms with E-state index in [1.807, 2.05) is 4.90 Å². The van der Waals surface area contributed by atoms with Crippen molar-refractivity contribution in [2.24, 2.45) is 5.92 Å². The molecule has 0 atom stereocenters. The Hall–Kier alpha value is -2.64. The molecule has 1 saturated heterocycles. The van der Waals surface area contributed by atoms with Crippen LogP contribution in [0.15, 0.2) is 36.4 Å². The second-order valence-electron chi connectivity index (χ2n) is 7.25. The summed E-state index contributed by atoms with van der Waals surface area (Å²) in [6.45, 7) is 3.06. The third-order valence-electron chi connectivity index (χ3n) is 5.10. The molecule has 0 unspecified atom stereocenters. The average Bonchev–Trinajstić information content (AvgIpc) is 2.72. The highest BCUT2D eigenvalue weighted by atomic mass is 35.5. The molecule has 0 aliphatic carbocycles. The van der Waals surface area contributed by atoms with Gasteiger partial charge in [-0.25, -0.2) is 4.79 Å². The van der Waals surface area contributed by atoms with Crippen molar-refractivity contribution in [1.82, 2.24) is 0 Å². The van der Waals surface area contributed by atoms with Crippen LogP contribution in [0.25, 0.3) is 0 Å². The fourth-order valence-electron chi connectivity index (χ4n) is 3.32. The van der Waals surface area contributed by atoms with Gasteiger partial charge in [0.15, 0.2) is 6.61 Å². The van der Waals surface area contributed by atoms with E-state index in [0.29, 0.717) is 16.6 Å². The maximum atomic E-state index is 12.4. The quantitative estimate of drug-likeness (QED) is 0.260. The van der Waals surface area contributed by atoms with E-state index in [1.165, 1.54) is 30.3 Å². The van der Waals surface area contributed by atoms with Gasteiger partial charge in [0.25, 0.3) is 5.69 Å². The number of hydrogen-bond donors (Lipinski definition) is 0. The van der Waals surface area contributed by atoms with Gasteiger partial charge in [0.05, 0.1) is 15.5 Å². The Bertz CT molecular complexity index is 987. The number of ketones is 1. The van der Waals surface area contributed by atoms with Gasteiger partial charge in [0, 0.05) is 29.7 Å². The van der Waals surface area contributed by atoms with Crippen molar-refractivity contribution in [2.75, 3.05) is 24.6 Å². The zero-order valence-electron chi connectivity index (χ0n) is 16.3. The first-order valence-corrected chi connectivity index (χ1v) is 10.2. The van der Waals surface area contributed by atoms with Crippen LogP contribution in [-0.4, -0.2) is 36.4 Å². The molecule has 2 aromatic carbocycles. The Morgan fingerprint density at radius 1 is 1.17 bits per heavy atom. The number of anilines is 1. The minimum Gasteiger partial charge on any atom is -0.454 e. The van der Waals surface area contributed by atoms with Crippen molar-refractivity contribution in [3.63, 3.8) is 0 Å². The van der Waals surface area contributed by atoms with Gasteiger partial charge >= 0.3 is 5.97 Å². The smallest absolute Gasteiger partial charge is 0.338 e. The molecule has 0 bridgehead atoms. The molecule has 1 fully saturated rings. The molecule has 2 aromatic rings. The number of carbonyl (C=O) groups excluding carboxylic acids is 2. The Morgan fingerprint density at radius 3 is 2.50 bits per heavy atom. The van der Waals surface area contributed by atoms with E-state index in [2.05, 4.69) is 6.92 Å². The Balaban J connectivity index is 1.72. The molecule has 0 aromatic heterocycles. The number of ether oxygens (including phenoxy) is 1. The Morgan fingerprint density at radius 2 is 1.87 bits per heavy atom. The SMILES string of the molecule is CC1CCN(c2ccc(C(=O)OCC(=O)c3ccc(Cl)cc3Cl)cc2[N+](=O)[O-])CC1. The maximum Gasteiger partial charge on any atom is 0.338 e. The number of nitrogens with zero attached hydrogens (tertiary/aromatic N) is 2. The molecule has 9 heteroatoms. The summed E-state index contributed by atoms with van der Waals surface area (Å²) >= 11 is 11.8. The van der Waals surface area contributed by atoms with Crippen LogP contribution in [0.4, 0.5) is 11.4 Å². The molecule has 0 N–H and O–H groups in total. The summed E-state index contributed by atoms with van der Waals surface area (Å²) in [7, 11) is 0.